The topological polar surface area (TPSA) is 68.5 Å². The number of carbonyl (C=O) groups is 2. The highest BCUT2D eigenvalue weighted by molar-refractivity contribution is 6.25. The van der Waals surface area contributed by atoms with E-state index < -0.39 is 11.5 Å². The van der Waals surface area contributed by atoms with Gasteiger partial charge in [0.1, 0.15) is 11.1 Å². The van der Waals surface area contributed by atoms with Gasteiger partial charge in [-0.1, -0.05) is 40.0 Å². The summed E-state index contributed by atoms with van der Waals surface area (Å²) in [5.41, 5.74) is 0.386. The lowest BCUT2D eigenvalue weighted by Crippen LogP contribution is -2.50. The minimum atomic E-state index is -0.782. The molecule has 0 aromatic carbocycles. The van der Waals surface area contributed by atoms with Crippen LogP contribution in [0, 0.1) is 0 Å². The van der Waals surface area contributed by atoms with E-state index in [2.05, 4.69) is 20.8 Å². The van der Waals surface area contributed by atoms with Crippen molar-refractivity contribution in [3.63, 3.8) is 0 Å². The molecule has 3 rings (SSSR count). The standard InChI is InChI=1S/C19H25NO4/c1-18(2,3)13-9-8-12-15(21)14(17(23)24-4)16(22)19(20(12)13)10-6-5-7-11-19/h8-9,21H,5-7,10-11H2,1-4H3. The molecule has 0 radical (unpaired) electrons. The molecule has 1 aliphatic carbocycles. The van der Waals surface area contributed by atoms with E-state index in [1.807, 2.05) is 16.7 Å². The van der Waals surface area contributed by atoms with E-state index in [4.69, 9.17) is 4.74 Å². The Bertz CT molecular complexity index is 727. The maximum Gasteiger partial charge on any atom is 0.345 e. The molecule has 130 valence electrons. The van der Waals surface area contributed by atoms with E-state index in [1.165, 1.54) is 7.11 Å². The quantitative estimate of drug-likeness (QED) is 0.632. The second kappa shape index (κ2) is 5.50. The van der Waals surface area contributed by atoms with Gasteiger partial charge in [-0.05, 0) is 25.0 Å². The first kappa shape index (κ1) is 16.8. The number of hydrogen-bond acceptors (Lipinski definition) is 4. The third kappa shape index (κ3) is 2.21. The van der Waals surface area contributed by atoms with Crippen molar-refractivity contribution in [3.8, 4) is 0 Å². The van der Waals surface area contributed by atoms with E-state index in [9.17, 15) is 14.7 Å². The molecule has 0 saturated heterocycles. The molecule has 2 aliphatic rings. The van der Waals surface area contributed by atoms with Crippen molar-refractivity contribution in [2.24, 2.45) is 0 Å². The summed E-state index contributed by atoms with van der Waals surface area (Å²) >= 11 is 0. The van der Waals surface area contributed by atoms with Crippen molar-refractivity contribution in [1.82, 2.24) is 4.57 Å². The first-order valence-corrected chi connectivity index (χ1v) is 8.53. The second-order valence-corrected chi connectivity index (χ2v) is 7.83. The molecule has 1 saturated carbocycles. The summed E-state index contributed by atoms with van der Waals surface area (Å²) in [6, 6.07) is 3.76. The highest BCUT2D eigenvalue weighted by Gasteiger charge is 2.51. The van der Waals surface area contributed by atoms with Crippen LogP contribution in [0.25, 0.3) is 5.76 Å². The molecule has 1 aromatic rings. The Balaban J connectivity index is 2.32. The lowest BCUT2D eigenvalue weighted by atomic mass is 9.73. The van der Waals surface area contributed by atoms with Gasteiger partial charge in [-0.3, -0.25) is 4.79 Å². The molecule has 5 nitrogen and oxygen atoms in total. The highest BCUT2D eigenvalue weighted by Crippen LogP contribution is 2.46. The van der Waals surface area contributed by atoms with Crippen LogP contribution in [0.3, 0.4) is 0 Å². The van der Waals surface area contributed by atoms with Crippen molar-refractivity contribution >= 4 is 17.5 Å². The number of carbonyl (C=O) groups excluding carboxylic acids is 2. The van der Waals surface area contributed by atoms with E-state index in [-0.39, 0.29) is 22.5 Å². The second-order valence-electron chi connectivity index (χ2n) is 7.83. The van der Waals surface area contributed by atoms with Crippen LogP contribution in [0.5, 0.6) is 0 Å². The summed E-state index contributed by atoms with van der Waals surface area (Å²) in [4.78, 5) is 25.5. The van der Waals surface area contributed by atoms with Gasteiger partial charge in [0.05, 0.1) is 12.8 Å². The number of aliphatic hydroxyl groups is 1. The maximum atomic E-state index is 13.3. The number of nitrogens with zero attached hydrogens (tertiary/aromatic N) is 1. The monoisotopic (exact) mass is 331 g/mol. The average Bonchev–Trinajstić information content (AvgIpc) is 3.00. The molecule has 1 spiro atoms. The molecule has 1 N–H and O–H groups in total. The van der Waals surface area contributed by atoms with Gasteiger partial charge < -0.3 is 14.4 Å². The number of hydrogen-bond donors (Lipinski definition) is 1. The summed E-state index contributed by atoms with van der Waals surface area (Å²) in [6.45, 7) is 6.27. The van der Waals surface area contributed by atoms with Crippen LogP contribution in [0.2, 0.25) is 0 Å². The summed E-state index contributed by atoms with van der Waals surface area (Å²) in [5, 5.41) is 10.6. The molecule has 0 atom stereocenters. The number of Topliss-reactive ketones (excluding diaryl/α,β-unsaturated/α-hetero) is 1. The number of aromatic nitrogens is 1. The summed E-state index contributed by atoms with van der Waals surface area (Å²) < 4.78 is 6.76. The molecular formula is C19H25NO4. The third-order valence-corrected chi connectivity index (χ3v) is 5.28. The molecule has 0 bridgehead atoms. The molecule has 2 heterocycles. The first-order chi connectivity index (χ1) is 11.2. The van der Waals surface area contributed by atoms with Gasteiger partial charge in [0.15, 0.2) is 11.5 Å². The Morgan fingerprint density at radius 3 is 2.38 bits per heavy atom. The SMILES string of the molecule is COC(=O)C1=C(O)c2ccc(C(C)(C)C)n2C2(CCCCC2)C1=O. The van der Waals surface area contributed by atoms with E-state index in [0.29, 0.717) is 18.5 Å². The van der Waals surface area contributed by atoms with Crippen LogP contribution in [-0.2, 0) is 25.3 Å². The van der Waals surface area contributed by atoms with E-state index in [0.717, 1.165) is 25.0 Å². The van der Waals surface area contributed by atoms with Gasteiger partial charge in [0, 0.05) is 11.1 Å². The summed E-state index contributed by atoms with van der Waals surface area (Å²) in [6.07, 6.45) is 4.32. The predicted octanol–water partition coefficient (Wildman–Crippen LogP) is 3.47. The number of rotatable bonds is 1. The minimum absolute atomic E-state index is 0.175. The maximum absolute atomic E-state index is 13.3. The molecule has 1 fully saturated rings. The largest absolute Gasteiger partial charge is 0.505 e. The number of methoxy groups -OCH3 is 1. The van der Waals surface area contributed by atoms with E-state index >= 15 is 0 Å². The van der Waals surface area contributed by atoms with Crippen LogP contribution >= 0.6 is 0 Å². The molecular weight excluding hydrogens is 306 g/mol. The minimum Gasteiger partial charge on any atom is -0.505 e. The highest BCUT2D eigenvalue weighted by atomic mass is 16.5. The number of esters is 1. The Morgan fingerprint density at radius 1 is 1.21 bits per heavy atom. The Kier molecular flexibility index (Phi) is 3.85. The van der Waals surface area contributed by atoms with Crippen molar-refractivity contribution in [2.45, 2.75) is 63.8 Å². The summed E-state index contributed by atoms with van der Waals surface area (Å²) in [5.74, 6) is -1.33. The fraction of sp³-hybridized carbons (Fsp3) is 0.579. The lowest BCUT2D eigenvalue weighted by molar-refractivity contribution is -0.140. The van der Waals surface area contributed by atoms with Crippen LogP contribution in [0.15, 0.2) is 17.7 Å². The molecule has 24 heavy (non-hydrogen) atoms. The van der Waals surface area contributed by atoms with Gasteiger partial charge in [-0.15, -0.1) is 0 Å². The Labute approximate surface area is 142 Å². The molecule has 0 amide bonds. The first-order valence-electron chi connectivity index (χ1n) is 8.53. The smallest absolute Gasteiger partial charge is 0.345 e. The molecule has 5 heteroatoms. The third-order valence-electron chi connectivity index (χ3n) is 5.28. The predicted molar refractivity (Wildman–Crippen MR) is 90.8 cm³/mol. The van der Waals surface area contributed by atoms with Crippen molar-refractivity contribution in [2.75, 3.05) is 7.11 Å². The van der Waals surface area contributed by atoms with Crippen molar-refractivity contribution in [1.29, 1.82) is 0 Å². The zero-order valence-corrected chi connectivity index (χ0v) is 14.8. The van der Waals surface area contributed by atoms with Crippen LogP contribution in [-0.4, -0.2) is 28.5 Å². The average molecular weight is 331 g/mol. The van der Waals surface area contributed by atoms with Crippen LogP contribution < -0.4 is 0 Å². The zero-order valence-electron chi connectivity index (χ0n) is 14.8. The van der Waals surface area contributed by atoms with Gasteiger partial charge in [-0.2, -0.15) is 0 Å². The van der Waals surface area contributed by atoms with Gasteiger partial charge in [0.2, 0.25) is 0 Å². The van der Waals surface area contributed by atoms with Gasteiger partial charge >= 0.3 is 5.97 Å². The van der Waals surface area contributed by atoms with Crippen molar-refractivity contribution < 1.29 is 19.4 Å². The number of ketones is 1. The molecule has 1 aliphatic heterocycles. The molecule has 1 aromatic heterocycles. The van der Waals surface area contributed by atoms with Crippen LogP contribution in [0.4, 0.5) is 0 Å². The normalized spacial score (nSPS) is 20.2. The fourth-order valence-electron chi connectivity index (χ4n) is 4.12. The number of ether oxygens (including phenoxy) is 1. The Morgan fingerprint density at radius 2 is 1.83 bits per heavy atom. The van der Waals surface area contributed by atoms with Gasteiger partial charge in [0.25, 0.3) is 0 Å². The lowest BCUT2D eigenvalue weighted by Gasteiger charge is -2.44. The Hall–Kier alpha value is -2.04. The van der Waals surface area contributed by atoms with Crippen LogP contribution in [0.1, 0.15) is 64.3 Å². The van der Waals surface area contributed by atoms with E-state index in [1.54, 1.807) is 0 Å². The van der Waals surface area contributed by atoms with Crippen molar-refractivity contribution in [3.05, 3.63) is 29.1 Å². The molecule has 0 unspecified atom stereocenters. The fourth-order valence-corrected chi connectivity index (χ4v) is 4.12. The number of aliphatic hydroxyl groups excluding tert-OH is 1. The summed E-state index contributed by atoms with van der Waals surface area (Å²) in [7, 11) is 1.23. The zero-order chi connectivity index (χ0) is 17.7. The number of fused-ring (bicyclic) bond motifs is 2. The van der Waals surface area contributed by atoms with Gasteiger partial charge in [-0.25, -0.2) is 4.79 Å².